The summed E-state index contributed by atoms with van der Waals surface area (Å²) < 4.78 is 0. The van der Waals surface area contributed by atoms with E-state index in [4.69, 9.17) is 10.7 Å². The average Bonchev–Trinajstić information content (AvgIpc) is 2.42. The molecule has 1 aliphatic carbocycles. The highest BCUT2D eigenvalue weighted by atomic mass is 32.2. The molecule has 3 N–H and O–H groups in total. The van der Waals surface area contributed by atoms with Crippen LogP contribution in [-0.2, 0) is 5.41 Å². The third-order valence-corrected chi connectivity index (χ3v) is 5.25. The van der Waals surface area contributed by atoms with Gasteiger partial charge in [-0.3, -0.25) is 0 Å². The molecular formula is C16H28N4S. The largest absolute Gasteiger partial charge is 0.383 e. The predicted molar refractivity (Wildman–Crippen MR) is 93.1 cm³/mol. The Bertz CT molecular complexity index is 496. The van der Waals surface area contributed by atoms with Gasteiger partial charge < -0.3 is 11.1 Å². The lowest BCUT2D eigenvalue weighted by molar-refractivity contribution is 0.471. The Morgan fingerprint density at radius 2 is 1.95 bits per heavy atom. The van der Waals surface area contributed by atoms with Crippen molar-refractivity contribution >= 4 is 23.4 Å². The van der Waals surface area contributed by atoms with Crippen molar-refractivity contribution in [2.45, 2.75) is 70.1 Å². The fraction of sp³-hybridized carbons (Fsp3) is 0.750. The monoisotopic (exact) mass is 308 g/mol. The van der Waals surface area contributed by atoms with Gasteiger partial charge in [0.25, 0.3) is 0 Å². The zero-order chi connectivity index (χ0) is 15.6. The first-order valence-electron chi connectivity index (χ1n) is 7.75. The number of aromatic nitrogens is 2. The highest BCUT2D eigenvalue weighted by Gasteiger charge is 2.24. The molecule has 0 radical (unpaired) electrons. The highest BCUT2D eigenvalue weighted by Crippen LogP contribution is 2.30. The molecule has 5 heteroatoms. The summed E-state index contributed by atoms with van der Waals surface area (Å²) in [5, 5.41) is 4.38. The molecule has 1 aromatic rings. The van der Waals surface area contributed by atoms with Crippen LogP contribution in [0.4, 0.5) is 11.6 Å². The zero-order valence-electron chi connectivity index (χ0n) is 13.9. The molecule has 1 fully saturated rings. The van der Waals surface area contributed by atoms with E-state index >= 15 is 0 Å². The van der Waals surface area contributed by atoms with E-state index in [2.05, 4.69) is 37.3 Å². The molecule has 4 nitrogen and oxygen atoms in total. The maximum atomic E-state index is 6.08. The second-order valence-electron chi connectivity index (χ2n) is 7.02. The molecular weight excluding hydrogens is 280 g/mol. The van der Waals surface area contributed by atoms with E-state index in [0.717, 1.165) is 22.5 Å². The molecule has 0 aromatic carbocycles. The van der Waals surface area contributed by atoms with E-state index in [0.29, 0.717) is 11.9 Å². The van der Waals surface area contributed by atoms with Crippen LogP contribution in [0.1, 0.15) is 57.8 Å². The standard InChI is InChI=1S/C16H28N4S/c1-10-13(17)19-15(16(2,3)4)20-14(10)18-11-7-6-8-12(9-11)21-5/h11-12H,6-9H2,1-5H3,(H3,17,18,19,20). The van der Waals surface area contributed by atoms with Gasteiger partial charge in [0.2, 0.25) is 0 Å². The van der Waals surface area contributed by atoms with Gasteiger partial charge >= 0.3 is 0 Å². The van der Waals surface area contributed by atoms with Gasteiger partial charge in [0.15, 0.2) is 0 Å². The molecule has 0 spiro atoms. The summed E-state index contributed by atoms with van der Waals surface area (Å²) >= 11 is 1.98. The van der Waals surface area contributed by atoms with Crippen molar-refractivity contribution < 1.29 is 0 Å². The third-order valence-electron chi connectivity index (χ3n) is 4.15. The number of nitrogen functional groups attached to an aromatic ring is 1. The summed E-state index contributed by atoms with van der Waals surface area (Å²) in [7, 11) is 0. The lowest BCUT2D eigenvalue weighted by Crippen LogP contribution is -2.30. The van der Waals surface area contributed by atoms with Crippen molar-refractivity contribution in [3.05, 3.63) is 11.4 Å². The Balaban J connectivity index is 2.21. The van der Waals surface area contributed by atoms with Crippen molar-refractivity contribution in [1.29, 1.82) is 0 Å². The van der Waals surface area contributed by atoms with Crippen molar-refractivity contribution in [1.82, 2.24) is 9.97 Å². The SMILES string of the molecule is CSC1CCCC(Nc2nc(C(C)(C)C)nc(N)c2C)C1. The second kappa shape index (κ2) is 6.42. The normalized spacial score (nSPS) is 23.1. The Hall–Kier alpha value is -0.970. The fourth-order valence-electron chi connectivity index (χ4n) is 2.69. The first kappa shape index (κ1) is 16.4. The number of nitrogens with one attached hydrogen (secondary N) is 1. The van der Waals surface area contributed by atoms with E-state index in [9.17, 15) is 0 Å². The van der Waals surface area contributed by atoms with Crippen LogP contribution in [0.5, 0.6) is 0 Å². The maximum absolute atomic E-state index is 6.08. The van der Waals surface area contributed by atoms with Crippen LogP contribution in [0.3, 0.4) is 0 Å². The molecule has 1 aliphatic rings. The minimum atomic E-state index is -0.0907. The summed E-state index contributed by atoms with van der Waals surface area (Å²) in [5.41, 5.74) is 6.96. The molecule has 1 heterocycles. The minimum absolute atomic E-state index is 0.0907. The van der Waals surface area contributed by atoms with Gasteiger partial charge in [-0.05, 0) is 32.4 Å². The van der Waals surface area contributed by atoms with E-state index in [1.807, 2.05) is 18.7 Å². The van der Waals surface area contributed by atoms with Gasteiger partial charge in [-0.15, -0.1) is 0 Å². The van der Waals surface area contributed by atoms with Crippen molar-refractivity contribution in [3.8, 4) is 0 Å². The molecule has 0 bridgehead atoms. The number of anilines is 2. The van der Waals surface area contributed by atoms with E-state index in [-0.39, 0.29) is 5.41 Å². The number of thioether (sulfide) groups is 1. The van der Waals surface area contributed by atoms with E-state index in [1.54, 1.807) is 0 Å². The molecule has 1 saturated carbocycles. The topological polar surface area (TPSA) is 63.8 Å². The second-order valence-corrected chi connectivity index (χ2v) is 8.16. The van der Waals surface area contributed by atoms with E-state index in [1.165, 1.54) is 25.7 Å². The Morgan fingerprint density at radius 1 is 1.24 bits per heavy atom. The first-order valence-corrected chi connectivity index (χ1v) is 9.04. The average molecular weight is 308 g/mol. The number of rotatable bonds is 3. The first-order chi connectivity index (χ1) is 9.81. The summed E-state index contributed by atoms with van der Waals surface area (Å²) in [4.78, 5) is 9.19. The molecule has 0 aliphatic heterocycles. The molecule has 2 rings (SSSR count). The molecule has 2 unspecified atom stereocenters. The van der Waals surface area contributed by atoms with Crippen LogP contribution in [0.2, 0.25) is 0 Å². The quantitative estimate of drug-likeness (QED) is 0.890. The van der Waals surface area contributed by atoms with E-state index < -0.39 is 0 Å². The third kappa shape index (κ3) is 4.02. The van der Waals surface area contributed by atoms with Crippen molar-refractivity contribution in [3.63, 3.8) is 0 Å². The summed E-state index contributed by atoms with van der Waals surface area (Å²) in [5.74, 6) is 2.32. The molecule has 118 valence electrons. The summed E-state index contributed by atoms with van der Waals surface area (Å²) in [6.45, 7) is 8.35. The van der Waals surface area contributed by atoms with Gasteiger partial charge in [-0.2, -0.15) is 11.8 Å². The maximum Gasteiger partial charge on any atom is 0.138 e. The minimum Gasteiger partial charge on any atom is -0.383 e. The van der Waals surface area contributed by atoms with Crippen LogP contribution >= 0.6 is 11.8 Å². The van der Waals surface area contributed by atoms with Crippen LogP contribution in [0.25, 0.3) is 0 Å². The Labute approximate surface area is 132 Å². The number of hydrogen-bond donors (Lipinski definition) is 2. The number of nitrogens with zero attached hydrogens (tertiary/aromatic N) is 2. The van der Waals surface area contributed by atoms with Gasteiger partial charge in [0.05, 0.1) is 0 Å². The summed E-state index contributed by atoms with van der Waals surface area (Å²) in [6, 6.07) is 0.497. The highest BCUT2D eigenvalue weighted by molar-refractivity contribution is 7.99. The van der Waals surface area contributed by atoms with Gasteiger partial charge in [-0.1, -0.05) is 27.2 Å². The Kier molecular flexibility index (Phi) is 5.02. The summed E-state index contributed by atoms with van der Waals surface area (Å²) in [6.07, 6.45) is 7.24. The van der Waals surface area contributed by atoms with Gasteiger partial charge in [-0.25, -0.2) is 9.97 Å². The number of hydrogen-bond acceptors (Lipinski definition) is 5. The van der Waals surface area contributed by atoms with Gasteiger partial charge in [0.1, 0.15) is 17.5 Å². The molecule has 21 heavy (non-hydrogen) atoms. The van der Waals surface area contributed by atoms with Crippen LogP contribution in [-0.4, -0.2) is 27.5 Å². The van der Waals surface area contributed by atoms with Crippen LogP contribution < -0.4 is 11.1 Å². The van der Waals surface area contributed by atoms with Crippen molar-refractivity contribution in [2.75, 3.05) is 17.3 Å². The smallest absolute Gasteiger partial charge is 0.138 e. The number of nitrogens with two attached hydrogens (primary N) is 1. The lowest BCUT2D eigenvalue weighted by Gasteiger charge is -2.30. The molecule has 0 amide bonds. The Morgan fingerprint density at radius 3 is 2.57 bits per heavy atom. The van der Waals surface area contributed by atoms with Crippen LogP contribution in [0.15, 0.2) is 0 Å². The lowest BCUT2D eigenvalue weighted by atomic mass is 9.94. The van der Waals surface area contributed by atoms with Crippen molar-refractivity contribution in [2.24, 2.45) is 0 Å². The molecule has 0 saturated heterocycles. The molecule has 1 aromatic heterocycles. The zero-order valence-corrected chi connectivity index (χ0v) is 14.7. The van der Waals surface area contributed by atoms with Crippen LogP contribution in [0, 0.1) is 6.92 Å². The van der Waals surface area contributed by atoms with Gasteiger partial charge in [0, 0.05) is 22.3 Å². The fourth-order valence-corrected chi connectivity index (χ4v) is 3.52. The predicted octanol–water partition coefficient (Wildman–Crippen LogP) is 3.75. The molecule has 2 atom stereocenters.